The van der Waals surface area contributed by atoms with Crippen molar-refractivity contribution in [2.45, 2.75) is 45.3 Å². The number of hydrogen-bond acceptors (Lipinski definition) is 5. The Morgan fingerprint density at radius 3 is 2.82 bits per heavy atom. The third-order valence-corrected chi connectivity index (χ3v) is 7.45. The summed E-state index contributed by atoms with van der Waals surface area (Å²) in [6, 6.07) is 8.23. The van der Waals surface area contributed by atoms with Gasteiger partial charge >= 0.3 is 5.97 Å². The molecule has 0 spiro atoms. The zero-order valence-electron chi connectivity index (χ0n) is 16.5. The smallest absolute Gasteiger partial charge is 0.338 e. The van der Waals surface area contributed by atoms with Gasteiger partial charge in [-0.05, 0) is 60.8 Å². The fourth-order valence-corrected chi connectivity index (χ4v) is 5.96. The van der Waals surface area contributed by atoms with Crippen LogP contribution in [0.15, 0.2) is 41.9 Å². The van der Waals surface area contributed by atoms with Gasteiger partial charge in [0.2, 0.25) is 0 Å². The lowest BCUT2D eigenvalue weighted by molar-refractivity contribution is -0.160. The molecule has 0 amide bonds. The van der Waals surface area contributed by atoms with Crippen molar-refractivity contribution in [3.63, 3.8) is 0 Å². The van der Waals surface area contributed by atoms with Crippen LogP contribution in [0.4, 0.5) is 0 Å². The molecule has 1 aliphatic carbocycles. The van der Waals surface area contributed by atoms with Gasteiger partial charge in [0, 0.05) is 22.6 Å². The first-order chi connectivity index (χ1) is 13.4. The van der Waals surface area contributed by atoms with Crippen LogP contribution < -0.4 is 0 Å². The van der Waals surface area contributed by atoms with E-state index in [1.165, 1.54) is 4.88 Å². The van der Waals surface area contributed by atoms with Crippen molar-refractivity contribution in [2.75, 3.05) is 0 Å². The second-order valence-corrected chi connectivity index (χ2v) is 9.15. The first-order valence-electron chi connectivity index (χ1n) is 10.1. The minimum absolute atomic E-state index is 0.0824. The number of ether oxygens (including phenoxy) is 1. The largest absolute Gasteiger partial charge is 0.460 e. The van der Waals surface area contributed by atoms with Crippen LogP contribution >= 0.6 is 11.3 Å². The van der Waals surface area contributed by atoms with E-state index in [1.807, 2.05) is 31.3 Å². The number of thiophene rings is 1. The highest BCUT2D eigenvalue weighted by Gasteiger charge is 2.62. The third-order valence-electron chi connectivity index (χ3n) is 6.53. The van der Waals surface area contributed by atoms with Crippen molar-refractivity contribution in [2.24, 2.45) is 23.7 Å². The Balaban J connectivity index is 1.61. The van der Waals surface area contributed by atoms with Crippen LogP contribution in [0.1, 0.15) is 39.3 Å². The number of fused-ring (bicyclic) bond motifs is 1. The predicted octanol–water partition coefficient (Wildman–Crippen LogP) is 4.80. The van der Waals surface area contributed by atoms with E-state index in [1.54, 1.807) is 11.3 Å². The Hall–Kier alpha value is -1.98. The van der Waals surface area contributed by atoms with E-state index in [9.17, 15) is 9.90 Å². The SMILES string of the molecule is CCC1C(C)CC2(O)C(=O)OC(C)C2C1/C=C/c1ccc(-c2cccs2)cn1. The van der Waals surface area contributed by atoms with E-state index in [2.05, 4.69) is 42.4 Å². The Morgan fingerprint density at radius 2 is 2.18 bits per heavy atom. The van der Waals surface area contributed by atoms with E-state index < -0.39 is 11.6 Å². The number of pyridine rings is 1. The molecule has 2 fully saturated rings. The number of cyclic esters (lactones) is 1. The highest BCUT2D eigenvalue weighted by atomic mass is 32.1. The Labute approximate surface area is 170 Å². The van der Waals surface area contributed by atoms with Gasteiger partial charge in [-0.2, -0.15) is 0 Å². The van der Waals surface area contributed by atoms with Crippen LogP contribution in [0.3, 0.4) is 0 Å². The third kappa shape index (κ3) is 3.20. The van der Waals surface area contributed by atoms with Crippen LogP contribution in [-0.4, -0.2) is 27.8 Å². The molecule has 148 valence electrons. The van der Waals surface area contributed by atoms with E-state index >= 15 is 0 Å². The number of aromatic nitrogens is 1. The van der Waals surface area contributed by atoms with Gasteiger partial charge in [-0.1, -0.05) is 32.4 Å². The molecule has 1 N–H and O–H groups in total. The van der Waals surface area contributed by atoms with Gasteiger partial charge in [0.1, 0.15) is 6.10 Å². The van der Waals surface area contributed by atoms with E-state index in [0.29, 0.717) is 12.3 Å². The number of allylic oxidation sites excluding steroid dienone is 1. The van der Waals surface area contributed by atoms with E-state index in [4.69, 9.17) is 4.74 Å². The quantitative estimate of drug-likeness (QED) is 0.753. The Bertz CT molecular complexity index is 860. The van der Waals surface area contributed by atoms with Gasteiger partial charge in [0.25, 0.3) is 0 Å². The molecule has 5 heteroatoms. The first-order valence-corrected chi connectivity index (χ1v) is 10.9. The van der Waals surface area contributed by atoms with Gasteiger partial charge in [-0.15, -0.1) is 11.3 Å². The molecule has 0 radical (unpaired) electrons. The summed E-state index contributed by atoms with van der Waals surface area (Å²) in [6.45, 7) is 6.22. The lowest BCUT2D eigenvalue weighted by atomic mass is 9.59. The van der Waals surface area contributed by atoms with Crippen LogP contribution in [-0.2, 0) is 9.53 Å². The molecule has 6 unspecified atom stereocenters. The number of hydrogen-bond donors (Lipinski definition) is 1. The molecular weight excluding hydrogens is 370 g/mol. The lowest BCUT2D eigenvalue weighted by Gasteiger charge is -2.45. The van der Waals surface area contributed by atoms with E-state index in [-0.39, 0.29) is 23.9 Å². The molecule has 3 heterocycles. The highest BCUT2D eigenvalue weighted by Crippen LogP contribution is 2.52. The normalized spacial score (nSPS) is 35.1. The summed E-state index contributed by atoms with van der Waals surface area (Å²) in [4.78, 5) is 18.1. The van der Waals surface area contributed by atoms with Crippen molar-refractivity contribution in [3.05, 3.63) is 47.6 Å². The Morgan fingerprint density at radius 1 is 1.36 bits per heavy atom. The van der Waals surface area contributed by atoms with Crippen molar-refractivity contribution in [1.29, 1.82) is 0 Å². The van der Waals surface area contributed by atoms with Gasteiger partial charge < -0.3 is 9.84 Å². The molecule has 4 nitrogen and oxygen atoms in total. The number of carbonyl (C=O) groups excluding carboxylic acids is 1. The molecule has 1 saturated carbocycles. The maximum absolute atomic E-state index is 12.3. The zero-order valence-corrected chi connectivity index (χ0v) is 17.4. The molecule has 28 heavy (non-hydrogen) atoms. The fraction of sp³-hybridized carbons (Fsp3) is 0.478. The molecule has 2 aliphatic rings. The molecule has 4 rings (SSSR count). The van der Waals surface area contributed by atoms with Crippen molar-refractivity contribution in [1.82, 2.24) is 4.98 Å². The second-order valence-electron chi connectivity index (χ2n) is 8.20. The molecule has 2 aromatic heterocycles. The zero-order chi connectivity index (χ0) is 19.9. The average Bonchev–Trinajstić information content (AvgIpc) is 3.27. The summed E-state index contributed by atoms with van der Waals surface area (Å²) in [5, 5.41) is 13.2. The van der Waals surface area contributed by atoms with Crippen LogP contribution in [0.2, 0.25) is 0 Å². The standard InChI is InChI=1S/C23H27NO3S/c1-4-18-14(2)12-23(26)21(15(3)27-22(23)25)19(18)10-9-17-8-7-16(13-24-17)20-6-5-11-28-20/h5-11,13-15,18-19,21,26H,4,12H2,1-3H3/b10-9+. The van der Waals surface area contributed by atoms with Gasteiger partial charge in [-0.25, -0.2) is 4.79 Å². The Kier molecular flexibility index (Phi) is 5.15. The van der Waals surface area contributed by atoms with Crippen molar-refractivity contribution in [3.8, 4) is 10.4 Å². The van der Waals surface area contributed by atoms with Gasteiger partial charge in [0.15, 0.2) is 5.60 Å². The highest BCUT2D eigenvalue weighted by molar-refractivity contribution is 7.13. The predicted molar refractivity (Wildman–Crippen MR) is 112 cm³/mol. The molecule has 0 bridgehead atoms. The van der Waals surface area contributed by atoms with Crippen LogP contribution in [0.5, 0.6) is 0 Å². The molecule has 2 aromatic rings. The molecule has 1 aliphatic heterocycles. The van der Waals surface area contributed by atoms with Crippen molar-refractivity contribution >= 4 is 23.4 Å². The summed E-state index contributed by atoms with van der Waals surface area (Å²) in [5.41, 5.74) is 0.633. The molecule has 6 atom stereocenters. The average molecular weight is 398 g/mol. The number of nitrogens with zero attached hydrogens (tertiary/aromatic N) is 1. The summed E-state index contributed by atoms with van der Waals surface area (Å²) >= 11 is 1.70. The van der Waals surface area contributed by atoms with Gasteiger partial charge in [-0.3, -0.25) is 4.98 Å². The summed E-state index contributed by atoms with van der Waals surface area (Å²) < 4.78 is 5.45. The van der Waals surface area contributed by atoms with Crippen LogP contribution in [0.25, 0.3) is 16.5 Å². The van der Waals surface area contributed by atoms with Crippen LogP contribution in [0, 0.1) is 23.7 Å². The molecule has 0 aromatic carbocycles. The number of aliphatic hydroxyl groups is 1. The summed E-state index contributed by atoms with van der Waals surface area (Å²) in [5.74, 6) is 0.0850. The summed E-state index contributed by atoms with van der Waals surface area (Å²) in [6.07, 6.45) is 7.28. The van der Waals surface area contributed by atoms with Crippen molar-refractivity contribution < 1.29 is 14.6 Å². The number of esters is 1. The number of rotatable bonds is 4. The minimum Gasteiger partial charge on any atom is -0.460 e. The van der Waals surface area contributed by atoms with Gasteiger partial charge in [0.05, 0.1) is 5.69 Å². The molecular formula is C23H27NO3S. The maximum atomic E-state index is 12.3. The number of carbonyl (C=O) groups is 1. The van der Waals surface area contributed by atoms with E-state index in [0.717, 1.165) is 17.7 Å². The maximum Gasteiger partial charge on any atom is 0.338 e. The fourth-order valence-electron chi connectivity index (χ4n) is 5.25. The lowest BCUT2D eigenvalue weighted by Crippen LogP contribution is -2.53. The summed E-state index contributed by atoms with van der Waals surface area (Å²) in [7, 11) is 0. The first kappa shape index (κ1) is 19.3. The monoisotopic (exact) mass is 397 g/mol. The second kappa shape index (κ2) is 7.45. The topological polar surface area (TPSA) is 59.4 Å². The minimum atomic E-state index is -1.37. The molecule has 1 saturated heterocycles.